The van der Waals surface area contributed by atoms with Crippen LogP contribution in [0.3, 0.4) is 0 Å². The number of hydrogen-bond acceptors (Lipinski definition) is 3. The Morgan fingerprint density at radius 1 is 1.20 bits per heavy atom. The normalized spacial score (nSPS) is 11.1. The van der Waals surface area contributed by atoms with Crippen molar-refractivity contribution >= 4 is 5.69 Å². The first kappa shape index (κ1) is 14.7. The standard InChI is InChI=1S/C17H24N2O/c1-13(2)18-11-17-10-15(14(3)20-17)12-19(4)16-8-6-5-7-9-16/h5-10,13,18H,11-12H2,1-4H3. The number of hydrogen-bond donors (Lipinski definition) is 1. The minimum atomic E-state index is 0.468. The number of anilines is 1. The van der Waals surface area contributed by atoms with Crippen LogP contribution in [0.1, 0.15) is 30.9 Å². The molecule has 0 amide bonds. The fraction of sp³-hybridized carbons (Fsp3) is 0.412. The summed E-state index contributed by atoms with van der Waals surface area (Å²) in [6.07, 6.45) is 0. The molecule has 3 heteroatoms. The Morgan fingerprint density at radius 3 is 2.55 bits per heavy atom. The first-order chi connectivity index (χ1) is 9.56. The van der Waals surface area contributed by atoms with Gasteiger partial charge in [-0.05, 0) is 25.1 Å². The molecule has 0 saturated heterocycles. The van der Waals surface area contributed by atoms with Crippen LogP contribution in [-0.4, -0.2) is 13.1 Å². The van der Waals surface area contributed by atoms with Crippen molar-refractivity contribution in [2.75, 3.05) is 11.9 Å². The lowest BCUT2D eigenvalue weighted by Gasteiger charge is -2.18. The van der Waals surface area contributed by atoms with Crippen LogP contribution in [0.5, 0.6) is 0 Å². The Kier molecular flexibility index (Phi) is 4.85. The number of furan rings is 1. The zero-order chi connectivity index (χ0) is 14.5. The van der Waals surface area contributed by atoms with E-state index in [2.05, 4.69) is 61.4 Å². The molecule has 0 atom stereocenters. The Labute approximate surface area is 121 Å². The van der Waals surface area contributed by atoms with E-state index in [0.717, 1.165) is 24.6 Å². The monoisotopic (exact) mass is 272 g/mol. The first-order valence-electron chi connectivity index (χ1n) is 7.14. The van der Waals surface area contributed by atoms with Crippen LogP contribution in [0.25, 0.3) is 0 Å². The minimum absolute atomic E-state index is 0.468. The molecule has 0 saturated carbocycles. The Hall–Kier alpha value is -1.74. The van der Waals surface area contributed by atoms with Gasteiger partial charge in [0, 0.05) is 30.9 Å². The molecule has 3 nitrogen and oxygen atoms in total. The van der Waals surface area contributed by atoms with Gasteiger partial charge in [-0.25, -0.2) is 0 Å². The molecule has 0 fully saturated rings. The van der Waals surface area contributed by atoms with Gasteiger partial charge >= 0.3 is 0 Å². The smallest absolute Gasteiger partial charge is 0.118 e. The van der Waals surface area contributed by atoms with E-state index < -0.39 is 0 Å². The van der Waals surface area contributed by atoms with Crippen molar-refractivity contribution < 1.29 is 4.42 Å². The summed E-state index contributed by atoms with van der Waals surface area (Å²) >= 11 is 0. The number of aryl methyl sites for hydroxylation is 1. The van der Waals surface area contributed by atoms with Crippen LogP contribution in [0, 0.1) is 6.92 Å². The molecular formula is C17H24N2O. The molecule has 0 aliphatic heterocycles. The molecule has 0 unspecified atom stereocenters. The van der Waals surface area contributed by atoms with E-state index in [-0.39, 0.29) is 0 Å². The van der Waals surface area contributed by atoms with E-state index >= 15 is 0 Å². The second-order valence-corrected chi connectivity index (χ2v) is 5.52. The van der Waals surface area contributed by atoms with Gasteiger partial charge in [0.1, 0.15) is 11.5 Å². The van der Waals surface area contributed by atoms with Gasteiger partial charge in [0.05, 0.1) is 6.54 Å². The van der Waals surface area contributed by atoms with Crippen LogP contribution in [-0.2, 0) is 13.1 Å². The molecule has 2 aromatic rings. The molecule has 20 heavy (non-hydrogen) atoms. The van der Waals surface area contributed by atoms with E-state index in [0.29, 0.717) is 6.04 Å². The topological polar surface area (TPSA) is 28.4 Å². The van der Waals surface area contributed by atoms with Gasteiger partial charge in [-0.3, -0.25) is 0 Å². The molecule has 1 heterocycles. The number of nitrogens with one attached hydrogen (secondary N) is 1. The van der Waals surface area contributed by atoms with Crippen molar-refractivity contribution in [3.63, 3.8) is 0 Å². The van der Waals surface area contributed by atoms with Gasteiger partial charge < -0.3 is 14.6 Å². The first-order valence-corrected chi connectivity index (χ1v) is 7.14. The molecule has 0 bridgehead atoms. The van der Waals surface area contributed by atoms with Crippen LogP contribution in [0.2, 0.25) is 0 Å². The van der Waals surface area contributed by atoms with Gasteiger partial charge in [0.25, 0.3) is 0 Å². The Balaban J connectivity index is 2.02. The lowest BCUT2D eigenvalue weighted by atomic mass is 10.2. The highest BCUT2D eigenvalue weighted by Gasteiger charge is 2.10. The fourth-order valence-electron chi connectivity index (χ4n) is 2.17. The fourth-order valence-corrected chi connectivity index (χ4v) is 2.17. The molecule has 108 valence electrons. The molecule has 0 spiro atoms. The maximum Gasteiger partial charge on any atom is 0.118 e. The number of rotatable bonds is 6. The number of nitrogens with zero attached hydrogens (tertiary/aromatic N) is 1. The second kappa shape index (κ2) is 6.62. The number of benzene rings is 1. The van der Waals surface area contributed by atoms with E-state index in [1.54, 1.807) is 0 Å². The van der Waals surface area contributed by atoms with Crippen molar-refractivity contribution in [1.82, 2.24) is 5.32 Å². The summed E-state index contributed by atoms with van der Waals surface area (Å²) in [5.74, 6) is 2.01. The average Bonchev–Trinajstić information content (AvgIpc) is 2.78. The van der Waals surface area contributed by atoms with Crippen molar-refractivity contribution in [3.05, 3.63) is 53.5 Å². The van der Waals surface area contributed by atoms with E-state index in [1.165, 1.54) is 11.3 Å². The maximum atomic E-state index is 5.81. The predicted molar refractivity (Wildman–Crippen MR) is 84.0 cm³/mol. The van der Waals surface area contributed by atoms with Crippen molar-refractivity contribution in [3.8, 4) is 0 Å². The summed E-state index contributed by atoms with van der Waals surface area (Å²) in [4.78, 5) is 2.23. The quantitative estimate of drug-likeness (QED) is 0.868. The molecule has 1 N–H and O–H groups in total. The van der Waals surface area contributed by atoms with Crippen molar-refractivity contribution in [2.45, 2.75) is 39.9 Å². The number of para-hydroxylation sites is 1. The third kappa shape index (κ3) is 3.87. The van der Waals surface area contributed by atoms with Gasteiger partial charge in [-0.15, -0.1) is 0 Å². The lowest BCUT2D eigenvalue weighted by Crippen LogP contribution is -2.21. The van der Waals surface area contributed by atoms with Crippen LogP contribution in [0.15, 0.2) is 40.8 Å². The summed E-state index contributed by atoms with van der Waals surface area (Å²) in [6, 6.07) is 13.0. The average molecular weight is 272 g/mol. The summed E-state index contributed by atoms with van der Waals surface area (Å²) in [5.41, 5.74) is 2.46. The molecule has 0 aliphatic rings. The zero-order valence-electron chi connectivity index (χ0n) is 12.8. The maximum absolute atomic E-state index is 5.81. The van der Waals surface area contributed by atoms with Crippen molar-refractivity contribution in [2.24, 2.45) is 0 Å². The van der Waals surface area contributed by atoms with Gasteiger partial charge in [-0.1, -0.05) is 32.0 Å². The lowest BCUT2D eigenvalue weighted by molar-refractivity contribution is 0.446. The minimum Gasteiger partial charge on any atom is -0.465 e. The molecule has 0 radical (unpaired) electrons. The van der Waals surface area contributed by atoms with Crippen LogP contribution < -0.4 is 10.2 Å². The van der Waals surface area contributed by atoms with E-state index in [4.69, 9.17) is 4.42 Å². The Bertz CT molecular complexity index is 531. The zero-order valence-corrected chi connectivity index (χ0v) is 12.8. The van der Waals surface area contributed by atoms with Gasteiger partial charge in [0.2, 0.25) is 0 Å². The third-order valence-corrected chi connectivity index (χ3v) is 3.36. The molecule has 0 aliphatic carbocycles. The molecule has 1 aromatic carbocycles. The predicted octanol–water partition coefficient (Wildman–Crippen LogP) is 3.72. The summed E-state index contributed by atoms with van der Waals surface area (Å²) in [7, 11) is 2.10. The molecular weight excluding hydrogens is 248 g/mol. The van der Waals surface area contributed by atoms with Gasteiger partial charge in [0.15, 0.2) is 0 Å². The summed E-state index contributed by atoms with van der Waals surface area (Å²) < 4.78 is 5.81. The SMILES string of the molecule is Cc1oc(CNC(C)C)cc1CN(C)c1ccccc1. The van der Waals surface area contributed by atoms with E-state index in [9.17, 15) is 0 Å². The summed E-state index contributed by atoms with van der Waals surface area (Å²) in [6.45, 7) is 7.96. The highest BCUT2D eigenvalue weighted by atomic mass is 16.3. The van der Waals surface area contributed by atoms with Crippen LogP contribution >= 0.6 is 0 Å². The van der Waals surface area contributed by atoms with Gasteiger partial charge in [-0.2, -0.15) is 0 Å². The third-order valence-electron chi connectivity index (χ3n) is 3.36. The largest absolute Gasteiger partial charge is 0.465 e. The molecule has 2 rings (SSSR count). The summed E-state index contributed by atoms with van der Waals surface area (Å²) in [5, 5.41) is 3.38. The van der Waals surface area contributed by atoms with Crippen LogP contribution in [0.4, 0.5) is 5.69 Å². The van der Waals surface area contributed by atoms with Crippen molar-refractivity contribution in [1.29, 1.82) is 0 Å². The highest BCUT2D eigenvalue weighted by Crippen LogP contribution is 2.20. The highest BCUT2D eigenvalue weighted by molar-refractivity contribution is 5.46. The van der Waals surface area contributed by atoms with E-state index in [1.807, 2.05) is 13.0 Å². The Morgan fingerprint density at radius 2 is 1.90 bits per heavy atom. The molecule has 1 aromatic heterocycles. The second-order valence-electron chi connectivity index (χ2n) is 5.52.